The Morgan fingerprint density at radius 2 is 1.68 bits per heavy atom. The van der Waals surface area contributed by atoms with Gasteiger partial charge in [-0.05, 0) is 24.3 Å². The highest BCUT2D eigenvalue weighted by molar-refractivity contribution is 5.99. The van der Waals surface area contributed by atoms with Crippen molar-refractivity contribution in [2.75, 3.05) is 10.6 Å². The highest BCUT2D eigenvalue weighted by Crippen LogP contribution is 2.27. The minimum atomic E-state index is -4.90. The van der Waals surface area contributed by atoms with E-state index in [1.165, 1.54) is 0 Å². The number of amides is 2. The van der Waals surface area contributed by atoms with Crippen LogP contribution in [0.4, 0.5) is 33.7 Å². The molecule has 2 rings (SSSR count). The molecule has 2 N–H and O–H groups in total. The second-order valence-corrected chi connectivity index (χ2v) is 4.13. The number of rotatable bonds is 3. The number of para-hydroxylation sites is 1. The Balaban J connectivity index is 2.08. The van der Waals surface area contributed by atoms with Crippen molar-refractivity contribution >= 4 is 17.4 Å². The van der Waals surface area contributed by atoms with Crippen LogP contribution in [0, 0.1) is 5.82 Å². The molecule has 0 saturated carbocycles. The molecule has 0 aliphatic heterocycles. The molecule has 0 radical (unpaired) electrons. The van der Waals surface area contributed by atoms with Crippen LogP contribution in [0.25, 0.3) is 0 Å². The normalized spacial score (nSPS) is 10.9. The molecule has 2 amide bonds. The third-order valence-corrected chi connectivity index (χ3v) is 2.45. The van der Waals surface area contributed by atoms with Crippen LogP contribution in [-0.2, 0) is 0 Å². The van der Waals surface area contributed by atoms with E-state index >= 15 is 0 Å². The number of hydrogen-bond acceptors (Lipinski definition) is 2. The number of anilines is 2. The zero-order valence-electron chi connectivity index (χ0n) is 10.9. The first-order valence-electron chi connectivity index (χ1n) is 6.02. The summed E-state index contributed by atoms with van der Waals surface area (Å²) in [6.45, 7) is 0. The summed E-state index contributed by atoms with van der Waals surface area (Å²) in [5.41, 5.74) is 0.0123. The van der Waals surface area contributed by atoms with Gasteiger partial charge in [0.15, 0.2) is 0 Å². The highest BCUT2D eigenvalue weighted by Gasteiger charge is 2.31. The fourth-order valence-corrected chi connectivity index (χ4v) is 1.60. The van der Waals surface area contributed by atoms with Crippen LogP contribution in [0.1, 0.15) is 0 Å². The van der Waals surface area contributed by atoms with Crippen LogP contribution < -0.4 is 15.4 Å². The van der Waals surface area contributed by atoms with Gasteiger partial charge in [0.1, 0.15) is 11.6 Å². The van der Waals surface area contributed by atoms with E-state index in [2.05, 4.69) is 15.4 Å². The summed E-state index contributed by atoms with van der Waals surface area (Å²) in [5.74, 6) is -1.53. The molecule has 116 valence electrons. The Morgan fingerprint density at radius 1 is 1.00 bits per heavy atom. The Hall–Kier alpha value is -2.77. The molecule has 0 aromatic heterocycles. The summed E-state index contributed by atoms with van der Waals surface area (Å²) in [7, 11) is 0. The van der Waals surface area contributed by atoms with Gasteiger partial charge in [-0.2, -0.15) is 0 Å². The van der Waals surface area contributed by atoms with Gasteiger partial charge in [0, 0.05) is 11.8 Å². The van der Waals surface area contributed by atoms with E-state index in [1.54, 1.807) is 30.3 Å². The highest BCUT2D eigenvalue weighted by atomic mass is 19.4. The SMILES string of the molecule is O=C(Nc1ccccc1)Nc1cc(OC(F)(F)F)ccc1F. The predicted octanol–water partition coefficient (Wildman–Crippen LogP) is 4.37. The van der Waals surface area contributed by atoms with Gasteiger partial charge in [-0.3, -0.25) is 0 Å². The molecule has 0 heterocycles. The Kier molecular flexibility index (Phi) is 4.50. The molecule has 0 spiro atoms. The molecule has 0 saturated heterocycles. The molecule has 2 aromatic rings. The second-order valence-electron chi connectivity index (χ2n) is 4.13. The summed E-state index contributed by atoms with van der Waals surface area (Å²) >= 11 is 0. The summed E-state index contributed by atoms with van der Waals surface area (Å²) in [6.07, 6.45) is -4.90. The number of urea groups is 1. The molecule has 0 aliphatic rings. The molecule has 0 unspecified atom stereocenters. The van der Waals surface area contributed by atoms with E-state index in [0.717, 1.165) is 18.2 Å². The second kappa shape index (κ2) is 6.33. The third-order valence-electron chi connectivity index (χ3n) is 2.45. The third kappa shape index (κ3) is 4.65. The number of ether oxygens (including phenoxy) is 1. The van der Waals surface area contributed by atoms with E-state index in [0.29, 0.717) is 5.69 Å². The number of carbonyl (C=O) groups is 1. The standard InChI is InChI=1S/C14H10F4N2O2/c15-11-7-6-10(22-14(16,17)18)8-12(11)20-13(21)19-9-4-2-1-3-5-9/h1-8H,(H2,19,20,21). The maximum atomic E-state index is 13.5. The molecular formula is C14H10F4N2O2. The van der Waals surface area contributed by atoms with Crippen molar-refractivity contribution in [2.24, 2.45) is 0 Å². The number of benzene rings is 2. The minimum absolute atomic E-state index is 0.435. The lowest BCUT2D eigenvalue weighted by atomic mass is 10.3. The number of carbonyl (C=O) groups excluding carboxylic acids is 1. The fourth-order valence-electron chi connectivity index (χ4n) is 1.60. The Bertz CT molecular complexity index is 660. The zero-order valence-corrected chi connectivity index (χ0v) is 10.9. The van der Waals surface area contributed by atoms with Gasteiger partial charge in [0.05, 0.1) is 5.69 Å². The van der Waals surface area contributed by atoms with Crippen molar-refractivity contribution < 1.29 is 27.1 Å². The number of alkyl halides is 3. The Morgan fingerprint density at radius 3 is 2.32 bits per heavy atom. The summed E-state index contributed by atoms with van der Waals surface area (Å²) in [6, 6.07) is 9.80. The average molecular weight is 314 g/mol. The first-order chi connectivity index (χ1) is 10.3. The lowest BCUT2D eigenvalue weighted by Crippen LogP contribution is -2.21. The van der Waals surface area contributed by atoms with Crippen LogP contribution in [0.5, 0.6) is 5.75 Å². The topological polar surface area (TPSA) is 50.4 Å². The number of nitrogens with one attached hydrogen (secondary N) is 2. The van der Waals surface area contributed by atoms with Gasteiger partial charge in [0.2, 0.25) is 0 Å². The fraction of sp³-hybridized carbons (Fsp3) is 0.0714. The summed E-state index contributed by atoms with van der Waals surface area (Å²) in [4.78, 5) is 11.7. The van der Waals surface area contributed by atoms with Crippen molar-refractivity contribution in [3.8, 4) is 5.75 Å². The van der Waals surface area contributed by atoms with E-state index in [4.69, 9.17) is 0 Å². The van der Waals surface area contributed by atoms with Crippen molar-refractivity contribution in [1.29, 1.82) is 0 Å². The zero-order chi connectivity index (χ0) is 16.2. The van der Waals surface area contributed by atoms with Crippen molar-refractivity contribution in [3.05, 3.63) is 54.3 Å². The van der Waals surface area contributed by atoms with Gasteiger partial charge in [-0.1, -0.05) is 18.2 Å². The lowest BCUT2D eigenvalue weighted by molar-refractivity contribution is -0.274. The molecule has 0 bridgehead atoms. The van der Waals surface area contributed by atoms with Crippen LogP contribution in [-0.4, -0.2) is 12.4 Å². The predicted molar refractivity (Wildman–Crippen MR) is 72.2 cm³/mol. The summed E-state index contributed by atoms with van der Waals surface area (Å²) < 4.78 is 53.5. The molecule has 0 fully saturated rings. The number of halogens is 4. The van der Waals surface area contributed by atoms with Crippen LogP contribution >= 0.6 is 0 Å². The van der Waals surface area contributed by atoms with Crippen molar-refractivity contribution in [1.82, 2.24) is 0 Å². The van der Waals surface area contributed by atoms with E-state index in [1.807, 2.05) is 0 Å². The van der Waals surface area contributed by atoms with Gasteiger partial charge in [0.25, 0.3) is 0 Å². The van der Waals surface area contributed by atoms with Gasteiger partial charge in [-0.25, -0.2) is 9.18 Å². The van der Waals surface area contributed by atoms with Crippen LogP contribution in [0.2, 0.25) is 0 Å². The molecule has 2 aromatic carbocycles. The molecular weight excluding hydrogens is 304 g/mol. The van der Waals surface area contributed by atoms with E-state index in [-0.39, 0.29) is 0 Å². The average Bonchev–Trinajstić information content (AvgIpc) is 2.42. The minimum Gasteiger partial charge on any atom is -0.406 e. The van der Waals surface area contributed by atoms with E-state index in [9.17, 15) is 22.4 Å². The maximum Gasteiger partial charge on any atom is 0.573 e. The monoisotopic (exact) mass is 314 g/mol. The van der Waals surface area contributed by atoms with Gasteiger partial charge in [-0.15, -0.1) is 13.2 Å². The molecule has 22 heavy (non-hydrogen) atoms. The Labute approximate surface area is 122 Å². The van der Waals surface area contributed by atoms with Crippen molar-refractivity contribution in [3.63, 3.8) is 0 Å². The maximum absolute atomic E-state index is 13.5. The largest absolute Gasteiger partial charge is 0.573 e. The molecule has 8 heteroatoms. The quantitative estimate of drug-likeness (QED) is 0.827. The first-order valence-corrected chi connectivity index (χ1v) is 6.02. The smallest absolute Gasteiger partial charge is 0.406 e. The number of hydrogen-bond donors (Lipinski definition) is 2. The van der Waals surface area contributed by atoms with Gasteiger partial charge >= 0.3 is 12.4 Å². The van der Waals surface area contributed by atoms with Gasteiger partial charge < -0.3 is 15.4 Å². The van der Waals surface area contributed by atoms with Crippen molar-refractivity contribution in [2.45, 2.75) is 6.36 Å². The summed E-state index contributed by atoms with van der Waals surface area (Å²) in [5, 5.41) is 4.52. The molecule has 0 aliphatic carbocycles. The molecule has 0 atom stereocenters. The lowest BCUT2D eigenvalue weighted by Gasteiger charge is -2.12. The molecule has 4 nitrogen and oxygen atoms in total. The van der Waals surface area contributed by atoms with Crippen LogP contribution in [0.3, 0.4) is 0 Å². The van der Waals surface area contributed by atoms with E-state index < -0.39 is 29.6 Å². The van der Waals surface area contributed by atoms with Crippen LogP contribution in [0.15, 0.2) is 48.5 Å². The first kappa shape index (κ1) is 15.6.